The molecule has 2 saturated heterocycles. The van der Waals surface area contributed by atoms with E-state index in [-0.39, 0.29) is 36.2 Å². The molecule has 2 amide bonds. The lowest BCUT2D eigenvalue weighted by atomic mass is 9.95. The molecule has 6 nitrogen and oxygen atoms in total. The first kappa shape index (κ1) is 20.0. The van der Waals surface area contributed by atoms with Crippen molar-refractivity contribution in [3.63, 3.8) is 0 Å². The van der Waals surface area contributed by atoms with Gasteiger partial charge in [0.1, 0.15) is 12.6 Å². The first-order chi connectivity index (χ1) is 13.0. The van der Waals surface area contributed by atoms with Gasteiger partial charge in [-0.05, 0) is 49.4 Å². The number of rotatable bonds is 6. The molecule has 1 aromatic rings. The third kappa shape index (κ3) is 4.96. The van der Waals surface area contributed by atoms with E-state index in [4.69, 9.17) is 4.74 Å². The summed E-state index contributed by atoms with van der Waals surface area (Å²) in [4.78, 5) is 38.5. The van der Waals surface area contributed by atoms with E-state index >= 15 is 0 Å². The fraction of sp³-hybridized carbons (Fsp3) is 0.550. The van der Waals surface area contributed by atoms with Crippen LogP contribution in [0.15, 0.2) is 28.7 Å². The Morgan fingerprint density at radius 2 is 2.07 bits per heavy atom. The van der Waals surface area contributed by atoms with E-state index < -0.39 is 6.04 Å². The number of hydrogen-bond donors (Lipinski definition) is 1. The maximum absolute atomic E-state index is 12.7. The highest BCUT2D eigenvalue weighted by Gasteiger charge is 2.44. The number of piperidine rings is 1. The van der Waals surface area contributed by atoms with Gasteiger partial charge < -0.3 is 15.0 Å². The molecule has 7 heteroatoms. The molecule has 2 aliphatic rings. The third-order valence-electron chi connectivity index (χ3n) is 5.22. The minimum Gasteiger partial charge on any atom is -0.368 e. The van der Waals surface area contributed by atoms with Crippen molar-refractivity contribution < 1.29 is 19.1 Å². The number of fused-ring (bicyclic) bond motifs is 1. The molecular formula is C20H25BrN2O4. The zero-order valence-corrected chi connectivity index (χ0v) is 17.0. The molecule has 1 aromatic carbocycles. The summed E-state index contributed by atoms with van der Waals surface area (Å²) in [6.45, 7) is 3.26. The number of amides is 2. The lowest BCUT2D eigenvalue weighted by Gasteiger charge is -2.36. The minimum atomic E-state index is -0.393. The Hall–Kier alpha value is -1.73. The number of benzene rings is 1. The Balaban J connectivity index is 1.44. The van der Waals surface area contributed by atoms with Crippen molar-refractivity contribution in [1.82, 2.24) is 10.2 Å². The summed E-state index contributed by atoms with van der Waals surface area (Å²) in [7, 11) is 0. The maximum atomic E-state index is 12.7. The second-order valence-corrected chi connectivity index (χ2v) is 8.27. The molecule has 3 rings (SSSR count). The zero-order valence-electron chi connectivity index (χ0n) is 15.4. The molecule has 0 spiro atoms. The van der Waals surface area contributed by atoms with Crippen molar-refractivity contribution in [2.45, 2.75) is 44.8 Å². The van der Waals surface area contributed by atoms with Gasteiger partial charge in [0.2, 0.25) is 5.91 Å². The van der Waals surface area contributed by atoms with E-state index in [1.165, 1.54) is 0 Å². The van der Waals surface area contributed by atoms with Gasteiger partial charge in [0.25, 0.3) is 5.91 Å². The van der Waals surface area contributed by atoms with Crippen LogP contribution in [-0.4, -0.2) is 54.3 Å². The van der Waals surface area contributed by atoms with Gasteiger partial charge in [-0.1, -0.05) is 22.9 Å². The minimum absolute atomic E-state index is 0.00952. The van der Waals surface area contributed by atoms with Gasteiger partial charge in [-0.15, -0.1) is 0 Å². The number of hydrogen-bond acceptors (Lipinski definition) is 4. The molecule has 2 fully saturated rings. The summed E-state index contributed by atoms with van der Waals surface area (Å²) in [5, 5.41) is 2.89. The van der Waals surface area contributed by atoms with E-state index in [1.54, 1.807) is 17.0 Å². The highest BCUT2D eigenvalue weighted by atomic mass is 79.9. The largest absolute Gasteiger partial charge is 0.368 e. The Labute approximate surface area is 167 Å². The maximum Gasteiger partial charge on any atom is 0.251 e. The molecule has 2 aliphatic heterocycles. The van der Waals surface area contributed by atoms with Gasteiger partial charge in [-0.2, -0.15) is 0 Å². The average molecular weight is 437 g/mol. The summed E-state index contributed by atoms with van der Waals surface area (Å²) in [6, 6.07) is 6.79. The number of likely N-dealkylation sites (tertiary alicyclic amines) is 1. The Morgan fingerprint density at radius 1 is 1.33 bits per heavy atom. The van der Waals surface area contributed by atoms with Crippen LogP contribution in [0.1, 0.15) is 43.0 Å². The summed E-state index contributed by atoms with van der Waals surface area (Å²) in [5.74, 6) is 0.0341. The highest BCUT2D eigenvalue weighted by molar-refractivity contribution is 9.10. The molecule has 146 valence electrons. The number of nitrogens with one attached hydrogen (secondary N) is 1. The smallest absolute Gasteiger partial charge is 0.251 e. The monoisotopic (exact) mass is 436 g/mol. The lowest BCUT2D eigenvalue weighted by Crippen LogP contribution is -2.52. The van der Waals surface area contributed by atoms with Crippen LogP contribution in [0.3, 0.4) is 0 Å². The van der Waals surface area contributed by atoms with Crippen molar-refractivity contribution in [3.8, 4) is 0 Å². The normalized spacial score (nSPS) is 23.0. The van der Waals surface area contributed by atoms with Crippen molar-refractivity contribution in [1.29, 1.82) is 0 Å². The van der Waals surface area contributed by atoms with Gasteiger partial charge in [-0.25, -0.2) is 0 Å². The first-order valence-electron chi connectivity index (χ1n) is 9.43. The number of carbonyl (C=O) groups is 3. The molecule has 3 atom stereocenters. The van der Waals surface area contributed by atoms with Crippen molar-refractivity contribution >= 4 is 33.5 Å². The Kier molecular flexibility index (Phi) is 6.65. The summed E-state index contributed by atoms with van der Waals surface area (Å²) in [6.07, 6.45) is 2.68. The van der Waals surface area contributed by atoms with Crippen LogP contribution in [0.2, 0.25) is 0 Å². The number of ketones is 1. The fourth-order valence-corrected chi connectivity index (χ4v) is 3.99. The van der Waals surface area contributed by atoms with Crippen LogP contribution in [0.25, 0.3) is 0 Å². The van der Waals surface area contributed by atoms with Gasteiger partial charge in [0.15, 0.2) is 5.78 Å². The van der Waals surface area contributed by atoms with Gasteiger partial charge in [0.05, 0.1) is 6.10 Å². The van der Waals surface area contributed by atoms with Crippen LogP contribution in [0.5, 0.6) is 0 Å². The van der Waals surface area contributed by atoms with Gasteiger partial charge >= 0.3 is 0 Å². The van der Waals surface area contributed by atoms with Crippen LogP contribution < -0.4 is 5.32 Å². The molecular weight excluding hydrogens is 412 g/mol. The van der Waals surface area contributed by atoms with Crippen molar-refractivity contribution in [3.05, 3.63) is 34.3 Å². The van der Waals surface area contributed by atoms with E-state index in [2.05, 4.69) is 21.2 Å². The number of carbonyl (C=O) groups excluding carboxylic acids is 3. The van der Waals surface area contributed by atoms with Gasteiger partial charge in [0, 0.05) is 29.5 Å². The molecule has 0 aliphatic carbocycles. The molecule has 1 N–H and O–H groups in total. The average Bonchev–Trinajstić information content (AvgIpc) is 3.03. The summed E-state index contributed by atoms with van der Waals surface area (Å²) < 4.78 is 6.43. The second kappa shape index (κ2) is 8.97. The zero-order chi connectivity index (χ0) is 19.4. The van der Waals surface area contributed by atoms with Crippen LogP contribution >= 0.6 is 15.9 Å². The van der Waals surface area contributed by atoms with E-state index in [1.807, 2.05) is 19.1 Å². The number of nitrogens with zero attached hydrogens (tertiary/aromatic N) is 1. The summed E-state index contributed by atoms with van der Waals surface area (Å²) in [5.41, 5.74) is 0.612. The molecule has 0 saturated carbocycles. The quantitative estimate of drug-likeness (QED) is 0.743. The molecule has 0 bridgehead atoms. The number of ether oxygens (including phenoxy) is 1. The number of halogens is 1. The van der Waals surface area contributed by atoms with Gasteiger partial charge in [-0.3, -0.25) is 14.4 Å². The predicted octanol–water partition coefficient (Wildman–Crippen LogP) is 2.55. The highest BCUT2D eigenvalue weighted by Crippen LogP contribution is 2.27. The van der Waals surface area contributed by atoms with E-state index in [0.717, 1.165) is 17.3 Å². The SMILES string of the molecule is CC(CCNC(=O)c1ccc(Br)cc1)CC(=O)N1CCCC2OCC(=O)C21. The van der Waals surface area contributed by atoms with Crippen molar-refractivity contribution in [2.24, 2.45) is 5.92 Å². The van der Waals surface area contributed by atoms with E-state index in [9.17, 15) is 14.4 Å². The summed E-state index contributed by atoms with van der Waals surface area (Å²) >= 11 is 3.35. The molecule has 27 heavy (non-hydrogen) atoms. The topological polar surface area (TPSA) is 75.7 Å². The van der Waals surface area contributed by atoms with Crippen LogP contribution in [0.4, 0.5) is 0 Å². The van der Waals surface area contributed by atoms with Crippen LogP contribution in [-0.2, 0) is 14.3 Å². The Morgan fingerprint density at radius 3 is 2.81 bits per heavy atom. The first-order valence-corrected chi connectivity index (χ1v) is 10.2. The molecule has 2 heterocycles. The van der Waals surface area contributed by atoms with Crippen molar-refractivity contribution in [2.75, 3.05) is 19.7 Å². The third-order valence-corrected chi connectivity index (χ3v) is 5.75. The molecule has 0 aromatic heterocycles. The van der Waals surface area contributed by atoms with Crippen LogP contribution in [0, 0.1) is 5.92 Å². The second-order valence-electron chi connectivity index (χ2n) is 7.35. The predicted molar refractivity (Wildman–Crippen MR) is 104 cm³/mol. The fourth-order valence-electron chi connectivity index (χ4n) is 3.72. The molecule has 0 radical (unpaired) electrons. The van der Waals surface area contributed by atoms with E-state index in [0.29, 0.717) is 31.5 Å². The standard InChI is InChI=1S/C20H25BrN2O4/c1-13(8-9-22-20(26)14-4-6-15(21)7-5-14)11-18(25)23-10-2-3-17-19(23)16(24)12-27-17/h4-7,13,17,19H,2-3,8-12H2,1H3,(H,22,26). The molecule has 3 unspecified atom stereocenters. The number of Topliss-reactive ketones (excluding diaryl/α,β-unsaturated/α-hetero) is 1. The Bertz CT molecular complexity index is 706. The lowest BCUT2D eigenvalue weighted by molar-refractivity contribution is -0.141.